The molecule has 2 aromatic rings. The summed E-state index contributed by atoms with van der Waals surface area (Å²) in [5.74, 6) is 0.968. The van der Waals surface area contributed by atoms with E-state index < -0.39 is 0 Å². The molecule has 1 heterocycles. The summed E-state index contributed by atoms with van der Waals surface area (Å²) in [5.41, 5.74) is 6.62. The van der Waals surface area contributed by atoms with E-state index in [0.717, 1.165) is 29.7 Å². The summed E-state index contributed by atoms with van der Waals surface area (Å²) in [5, 5.41) is 2.61. The molecule has 2 N–H and O–H groups in total. The maximum absolute atomic E-state index is 6.03. The molecule has 0 aliphatic carbocycles. The van der Waals surface area contributed by atoms with Gasteiger partial charge in [0.05, 0.1) is 10.7 Å². The third-order valence-electron chi connectivity index (χ3n) is 2.98. The number of rotatable bonds is 3. The van der Waals surface area contributed by atoms with Crippen molar-refractivity contribution in [2.24, 2.45) is 0 Å². The van der Waals surface area contributed by atoms with E-state index >= 15 is 0 Å². The highest BCUT2D eigenvalue weighted by Crippen LogP contribution is 2.32. The third-order valence-corrected chi connectivity index (χ3v) is 3.31. The van der Waals surface area contributed by atoms with Crippen LogP contribution in [0.2, 0.25) is 5.02 Å². The first-order valence-electron chi connectivity index (χ1n) is 5.76. The number of nitrogens with zero attached hydrogens (tertiary/aromatic N) is 2. The second-order valence-corrected chi connectivity index (χ2v) is 4.27. The predicted octanol–water partition coefficient (Wildman–Crippen LogP) is 3.32. The van der Waals surface area contributed by atoms with Crippen molar-refractivity contribution < 1.29 is 0 Å². The van der Waals surface area contributed by atoms with Crippen LogP contribution in [0.25, 0.3) is 10.8 Å². The van der Waals surface area contributed by atoms with Crippen molar-refractivity contribution in [2.45, 2.75) is 13.8 Å². The molecule has 0 bridgehead atoms. The number of aromatic nitrogens is 1. The van der Waals surface area contributed by atoms with Gasteiger partial charge in [0.2, 0.25) is 0 Å². The van der Waals surface area contributed by atoms with Gasteiger partial charge in [0, 0.05) is 30.1 Å². The molecule has 0 radical (unpaired) electrons. The molecule has 0 saturated heterocycles. The van der Waals surface area contributed by atoms with Gasteiger partial charge in [-0.2, -0.15) is 0 Å². The fraction of sp³-hybridized carbons (Fsp3) is 0.308. The molecule has 3 nitrogen and oxygen atoms in total. The molecule has 0 amide bonds. The lowest BCUT2D eigenvalue weighted by Gasteiger charge is -2.21. The van der Waals surface area contributed by atoms with Crippen molar-refractivity contribution >= 4 is 33.9 Å². The average Bonchev–Trinajstić information content (AvgIpc) is 2.36. The molecular weight excluding hydrogens is 234 g/mol. The summed E-state index contributed by atoms with van der Waals surface area (Å²) in [6.45, 7) is 6.07. The van der Waals surface area contributed by atoms with Gasteiger partial charge >= 0.3 is 0 Å². The van der Waals surface area contributed by atoms with Crippen LogP contribution in [0.15, 0.2) is 24.4 Å². The minimum atomic E-state index is 0.592. The largest absolute Gasteiger partial charge is 0.397 e. The van der Waals surface area contributed by atoms with Gasteiger partial charge in [-0.3, -0.25) is 0 Å². The Kier molecular flexibility index (Phi) is 3.38. The lowest BCUT2D eigenvalue weighted by Crippen LogP contribution is -2.23. The molecule has 2 rings (SSSR count). The Morgan fingerprint density at radius 2 is 1.88 bits per heavy atom. The Morgan fingerprint density at radius 3 is 2.53 bits per heavy atom. The van der Waals surface area contributed by atoms with Gasteiger partial charge in [0.15, 0.2) is 0 Å². The second-order valence-electron chi connectivity index (χ2n) is 3.86. The Balaban J connectivity index is 2.70. The van der Waals surface area contributed by atoms with Crippen LogP contribution >= 0.6 is 11.6 Å². The van der Waals surface area contributed by atoms with Gasteiger partial charge in [0.25, 0.3) is 0 Å². The monoisotopic (exact) mass is 249 g/mol. The Morgan fingerprint density at radius 1 is 1.18 bits per heavy atom. The van der Waals surface area contributed by atoms with Crippen LogP contribution < -0.4 is 10.6 Å². The summed E-state index contributed by atoms with van der Waals surface area (Å²) >= 11 is 6.03. The highest BCUT2D eigenvalue weighted by atomic mass is 35.5. The maximum Gasteiger partial charge on any atom is 0.136 e. The number of nitrogens with two attached hydrogens (primary N) is 1. The number of benzene rings is 1. The molecule has 4 heteroatoms. The first-order chi connectivity index (χ1) is 8.19. The summed E-state index contributed by atoms with van der Waals surface area (Å²) in [6, 6.07) is 5.71. The van der Waals surface area contributed by atoms with E-state index in [1.165, 1.54) is 0 Å². The van der Waals surface area contributed by atoms with Crippen LogP contribution in [0, 0.1) is 0 Å². The van der Waals surface area contributed by atoms with E-state index in [1.807, 2.05) is 18.2 Å². The molecule has 0 saturated carbocycles. The molecule has 17 heavy (non-hydrogen) atoms. The van der Waals surface area contributed by atoms with Crippen LogP contribution in [0.1, 0.15) is 13.8 Å². The van der Waals surface area contributed by atoms with E-state index in [-0.39, 0.29) is 0 Å². The van der Waals surface area contributed by atoms with Crippen LogP contribution in [0.5, 0.6) is 0 Å². The summed E-state index contributed by atoms with van der Waals surface area (Å²) in [6.07, 6.45) is 1.78. The zero-order valence-electron chi connectivity index (χ0n) is 10.1. The first kappa shape index (κ1) is 12.0. The van der Waals surface area contributed by atoms with Gasteiger partial charge in [-0.15, -0.1) is 0 Å². The number of fused-ring (bicyclic) bond motifs is 1. The lowest BCUT2D eigenvalue weighted by atomic mass is 10.1. The number of pyridine rings is 1. The molecule has 0 aliphatic heterocycles. The smallest absolute Gasteiger partial charge is 0.136 e. The summed E-state index contributed by atoms with van der Waals surface area (Å²) in [4.78, 5) is 6.65. The molecule has 90 valence electrons. The number of halogens is 1. The molecule has 1 aromatic heterocycles. The van der Waals surface area contributed by atoms with E-state index in [9.17, 15) is 0 Å². The van der Waals surface area contributed by atoms with Crippen LogP contribution in [0.3, 0.4) is 0 Å². The molecule has 0 spiro atoms. The van der Waals surface area contributed by atoms with E-state index in [1.54, 1.807) is 6.20 Å². The molecular formula is C13H16ClN3. The van der Waals surface area contributed by atoms with E-state index in [4.69, 9.17) is 17.3 Å². The lowest BCUT2D eigenvalue weighted by molar-refractivity contribution is 0.852. The van der Waals surface area contributed by atoms with Crippen molar-refractivity contribution in [1.82, 2.24) is 4.98 Å². The topological polar surface area (TPSA) is 42.2 Å². The van der Waals surface area contributed by atoms with Crippen LogP contribution in [-0.4, -0.2) is 18.1 Å². The normalized spacial score (nSPS) is 10.8. The zero-order valence-corrected chi connectivity index (χ0v) is 10.8. The quantitative estimate of drug-likeness (QED) is 0.849. The third kappa shape index (κ3) is 2.03. The van der Waals surface area contributed by atoms with Gasteiger partial charge < -0.3 is 10.6 Å². The minimum Gasteiger partial charge on any atom is -0.397 e. The molecule has 0 unspecified atom stereocenters. The van der Waals surface area contributed by atoms with Crippen molar-refractivity contribution in [1.29, 1.82) is 0 Å². The van der Waals surface area contributed by atoms with Crippen molar-refractivity contribution in [3.8, 4) is 0 Å². The van der Waals surface area contributed by atoms with Crippen LogP contribution in [0.4, 0.5) is 11.5 Å². The average molecular weight is 250 g/mol. The SMILES string of the molecule is CCN(CC)c1nccc2c(N)c(Cl)ccc12. The summed E-state index contributed by atoms with van der Waals surface area (Å²) < 4.78 is 0. The first-order valence-corrected chi connectivity index (χ1v) is 6.14. The van der Waals surface area contributed by atoms with Gasteiger partial charge in [-0.1, -0.05) is 11.6 Å². The Bertz CT molecular complexity index is 535. The van der Waals surface area contributed by atoms with Gasteiger partial charge in [0.1, 0.15) is 5.82 Å². The minimum absolute atomic E-state index is 0.592. The molecule has 0 aliphatic rings. The zero-order chi connectivity index (χ0) is 12.4. The molecule has 0 atom stereocenters. The molecule has 1 aromatic carbocycles. The number of anilines is 2. The fourth-order valence-corrected chi connectivity index (χ4v) is 2.18. The standard InChI is InChI=1S/C13H16ClN3/c1-3-17(4-2)13-10-5-6-11(14)12(15)9(10)7-8-16-13/h5-8H,3-4,15H2,1-2H3. The Labute approximate surface area is 106 Å². The van der Waals surface area contributed by atoms with Gasteiger partial charge in [-0.05, 0) is 32.0 Å². The highest BCUT2D eigenvalue weighted by molar-refractivity contribution is 6.34. The van der Waals surface area contributed by atoms with Crippen molar-refractivity contribution in [2.75, 3.05) is 23.7 Å². The van der Waals surface area contributed by atoms with Gasteiger partial charge in [-0.25, -0.2) is 4.98 Å². The highest BCUT2D eigenvalue weighted by Gasteiger charge is 2.11. The van der Waals surface area contributed by atoms with E-state index in [0.29, 0.717) is 10.7 Å². The number of hydrogen-bond acceptors (Lipinski definition) is 3. The van der Waals surface area contributed by atoms with Crippen molar-refractivity contribution in [3.05, 3.63) is 29.4 Å². The number of nitrogen functional groups attached to an aromatic ring is 1. The predicted molar refractivity (Wildman–Crippen MR) is 74.7 cm³/mol. The summed E-state index contributed by atoms with van der Waals surface area (Å²) in [7, 11) is 0. The Hall–Kier alpha value is -1.48. The fourth-order valence-electron chi connectivity index (χ4n) is 2.01. The second kappa shape index (κ2) is 4.80. The maximum atomic E-state index is 6.03. The van der Waals surface area contributed by atoms with E-state index in [2.05, 4.69) is 23.7 Å². The number of hydrogen-bond donors (Lipinski definition) is 1. The van der Waals surface area contributed by atoms with Crippen molar-refractivity contribution in [3.63, 3.8) is 0 Å². The van der Waals surface area contributed by atoms with Crippen LogP contribution in [-0.2, 0) is 0 Å². The molecule has 0 fully saturated rings.